The maximum atomic E-state index is 13.1. The average Bonchev–Trinajstić information content (AvgIpc) is 2.71. The third-order valence-electron chi connectivity index (χ3n) is 3.99. The molecule has 32 heavy (non-hydrogen) atoms. The van der Waals surface area contributed by atoms with E-state index in [0.29, 0.717) is 12.3 Å². The first-order valence-corrected chi connectivity index (χ1v) is 12.5. The second-order valence-corrected chi connectivity index (χ2v) is 9.22. The van der Waals surface area contributed by atoms with E-state index in [1.54, 1.807) is 0 Å². The first-order valence-electron chi connectivity index (χ1n) is 9.62. The lowest BCUT2D eigenvalue weighted by molar-refractivity contribution is -0.119. The van der Waals surface area contributed by atoms with E-state index in [2.05, 4.69) is 5.32 Å². The number of alkyl halides is 3. The van der Waals surface area contributed by atoms with E-state index in [1.807, 2.05) is 6.26 Å². The maximum absolute atomic E-state index is 13.1. The Labute approximate surface area is 189 Å². The SMILES string of the molecule is CSCC(O)NCCOCCOC(O)CCC(O)N(c1ccccc1)S(=O)(=O)C(F)(F)F. The van der Waals surface area contributed by atoms with Gasteiger partial charge in [-0.2, -0.15) is 33.4 Å². The molecule has 0 aliphatic carbocycles. The highest BCUT2D eigenvalue weighted by Gasteiger charge is 2.52. The van der Waals surface area contributed by atoms with Crippen molar-refractivity contribution in [2.24, 2.45) is 0 Å². The van der Waals surface area contributed by atoms with Gasteiger partial charge in [-0.3, -0.25) is 5.32 Å². The highest BCUT2D eigenvalue weighted by molar-refractivity contribution is 7.98. The van der Waals surface area contributed by atoms with Crippen molar-refractivity contribution in [1.82, 2.24) is 5.32 Å². The Morgan fingerprint density at radius 2 is 1.75 bits per heavy atom. The van der Waals surface area contributed by atoms with Gasteiger partial charge in [-0.05, 0) is 24.8 Å². The molecule has 1 aromatic rings. The predicted molar refractivity (Wildman–Crippen MR) is 114 cm³/mol. The summed E-state index contributed by atoms with van der Waals surface area (Å²) < 4.78 is 73.2. The van der Waals surface area contributed by atoms with E-state index < -0.39 is 40.7 Å². The molecule has 3 atom stereocenters. The van der Waals surface area contributed by atoms with Crippen molar-refractivity contribution in [2.45, 2.75) is 37.1 Å². The van der Waals surface area contributed by atoms with Gasteiger partial charge in [0, 0.05) is 18.7 Å². The Morgan fingerprint density at radius 1 is 1.09 bits per heavy atom. The smallest absolute Gasteiger partial charge is 0.378 e. The number of ether oxygens (including phenoxy) is 2. The number of nitrogens with one attached hydrogen (secondary N) is 1. The highest BCUT2D eigenvalue weighted by atomic mass is 32.2. The standard InChI is InChI=1S/C18H29F3N2O7S2/c1-31-13-15(24)22-9-10-29-11-12-30-17(26)8-7-16(25)23(14-5-3-2-4-6-14)32(27,28)18(19,20)21/h2-6,15-17,22,24-26H,7-13H2,1H3. The summed E-state index contributed by atoms with van der Waals surface area (Å²) in [4.78, 5) is 0. The molecule has 4 N–H and O–H groups in total. The van der Waals surface area contributed by atoms with Crippen LogP contribution in [-0.4, -0.2) is 86.4 Å². The number of halogens is 3. The summed E-state index contributed by atoms with van der Waals surface area (Å²) in [5.41, 5.74) is -5.98. The highest BCUT2D eigenvalue weighted by Crippen LogP contribution is 2.33. The fourth-order valence-corrected chi connectivity index (χ4v) is 3.99. The van der Waals surface area contributed by atoms with Crippen LogP contribution in [0.4, 0.5) is 18.9 Å². The van der Waals surface area contributed by atoms with Crippen LogP contribution in [0.3, 0.4) is 0 Å². The molecular formula is C18H29F3N2O7S2. The number of para-hydroxylation sites is 1. The van der Waals surface area contributed by atoms with Crippen LogP contribution in [0.15, 0.2) is 30.3 Å². The summed E-state index contributed by atoms with van der Waals surface area (Å²) >= 11 is 1.48. The molecule has 14 heteroatoms. The van der Waals surface area contributed by atoms with Gasteiger partial charge in [-0.25, -0.2) is 4.31 Å². The summed E-state index contributed by atoms with van der Waals surface area (Å²) in [6.07, 6.45) is -3.13. The Bertz CT molecular complexity index is 742. The number of hydrogen-bond donors (Lipinski definition) is 4. The molecule has 1 rings (SSSR count). The number of aliphatic hydroxyl groups excluding tert-OH is 3. The van der Waals surface area contributed by atoms with E-state index in [0.717, 1.165) is 12.1 Å². The molecule has 0 aliphatic heterocycles. The molecule has 0 amide bonds. The monoisotopic (exact) mass is 506 g/mol. The molecule has 9 nitrogen and oxygen atoms in total. The van der Waals surface area contributed by atoms with E-state index in [4.69, 9.17) is 9.47 Å². The number of hydrogen-bond acceptors (Lipinski definition) is 9. The molecule has 0 aliphatic rings. The first-order chi connectivity index (χ1) is 15.0. The van der Waals surface area contributed by atoms with Crippen LogP contribution in [0.25, 0.3) is 0 Å². The van der Waals surface area contributed by atoms with Gasteiger partial charge >= 0.3 is 15.5 Å². The number of aliphatic hydroxyl groups is 3. The number of thioether (sulfide) groups is 1. The molecule has 0 heterocycles. The van der Waals surface area contributed by atoms with Crippen LogP contribution in [0.2, 0.25) is 0 Å². The molecule has 0 saturated heterocycles. The van der Waals surface area contributed by atoms with Gasteiger partial charge in [0.25, 0.3) is 0 Å². The number of benzene rings is 1. The Kier molecular flexibility index (Phi) is 12.8. The number of anilines is 1. The second-order valence-electron chi connectivity index (χ2n) is 6.50. The quantitative estimate of drug-likeness (QED) is 0.192. The molecule has 1 aromatic carbocycles. The maximum Gasteiger partial charge on any atom is 0.516 e. The fraction of sp³-hybridized carbons (Fsp3) is 0.667. The molecule has 0 bridgehead atoms. The number of rotatable bonds is 16. The normalized spacial score (nSPS) is 15.3. The molecule has 0 radical (unpaired) electrons. The molecule has 0 spiro atoms. The Balaban J connectivity index is 2.46. The first kappa shape index (κ1) is 28.9. The largest absolute Gasteiger partial charge is 0.516 e. The summed E-state index contributed by atoms with van der Waals surface area (Å²) in [5, 5.41) is 32.3. The summed E-state index contributed by atoms with van der Waals surface area (Å²) in [7, 11) is -5.86. The second kappa shape index (κ2) is 14.2. The van der Waals surface area contributed by atoms with Crippen LogP contribution in [-0.2, 0) is 19.5 Å². The molecule has 0 saturated carbocycles. The lowest BCUT2D eigenvalue weighted by Gasteiger charge is -2.30. The number of sulfonamides is 1. The number of nitrogens with zero attached hydrogens (tertiary/aromatic N) is 1. The molecule has 0 aromatic heterocycles. The summed E-state index contributed by atoms with van der Waals surface area (Å²) in [6.45, 7) is 0.761. The van der Waals surface area contributed by atoms with Crippen molar-refractivity contribution < 1.29 is 46.4 Å². The zero-order chi connectivity index (χ0) is 24.2. The molecule has 0 fully saturated rings. The molecule has 3 unspecified atom stereocenters. The Hall–Kier alpha value is -1.13. The van der Waals surface area contributed by atoms with E-state index in [9.17, 15) is 36.9 Å². The van der Waals surface area contributed by atoms with Crippen LogP contribution < -0.4 is 9.62 Å². The van der Waals surface area contributed by atoms with Crippen molar-refractivity contribution in [3.8, 4) is 0 Å². The van der Waals surface area contributed by atoms with Gasteiger partial charge in [0.15, 0.2) is 6.29 Å². The van der Waals surface area contributed by atoms with Crippen molar-refractivity contribution in [3.63, 3.8) is 0 Å². The van der Waals surface area contributed by atoms with Gasteiger partial charge < -0.3 is 24.8 Å². The van der Waals surface area contributed by atoms with Crippen LogP contribution in [0.5, 0.6) is 0 Å². The van der Waals surface area contributed by atoms with Crippen LogP contribution in [0, 0.1) is 0 Å². The van der Waals surface area contributed by atoms with Crippen LogP contribution >= 0.6 is 11.8 Å². The van der Waals surface area contributed by atoms with Gasteiger partial charge in [0.05, 0.1) is 25.5 Å². The third kappa shape index (κ3) is 9.79. The van der Waals surface area contributed by atoms with Crippen LogP contribution in [0.1, 0.15) is 12.8 Å². The van der Waals surface area contributed by atoms with Crippen molar-refractivity contribution >= 4 is 27.5 Å². The molecular weight excluding hydrogens is 477 g/mol. The van der Waals surface area contributed by atoms with E-state index >= 15 is 0 Å². The van der Waals surface area contributed by atoms with Crippen molar-refractivity contribution in [3.05, 3.63) is 30.3 Å². The Morgan fingerprint density at radius 3 is 2.34 bits per heavy atom. The van der Waals surface area contributed by atoms with Gasteiger partial charge in [-0.1, -0.05) is 18.2 Å². The lowest BCUT2D eigenvalue weighted by atomic mass is 10.2. The fourth-order valence-electron chi connectivity index (χ4n) is 2.51. The van der Waals surface area contributed by atoms with Gasteiger partial charge in [-0.15, -0.1) is 0 Å². The minimum Gasteiger partial charge on any atom is -0.378 e. The third-order valence-corrected chi connectivity index (χ3v) is 6.20. The summed E-state index contributed by atoms with van der Waals surface area (Å²) in [5.74, 6) is 0.535. The van der Waals surface area contributed by atoms with E-state index in [-0.39, 0.29) is 36.2 Å². The minimum absolute atomic E-state index is 0.0339. The average molecular weight is 507 g/mol. The minimum atomic E-state index is -5.86. The van der Waals surface area contributed by atoms with Crippen molar-refractivity contribution in [2.75, 3.05) is 42.7 Å². The van der Waals surface area contributed by atoms with Crippen molar-refractivity contribution in [1.29, 1.82) is 0 Å². The predicted octanol–water partition coefficient (Wildman–Crippen LogP) is 1.06. The zero-order valence-electron chi connectivity index (χ0n) is 17.4. The summed E-state index contributed by atoms with van der Waals surface area (Å²) in [6, 6.07) is 6.38. The lowest BCUT2D eigenvalue weighted by Crippen LogP contribution is -2.47. The zero-order valence-corrected chi connectivity index (χ0v) is 19.1. The molecule has 186 valence electrons. The van der Waals surface area contributed by atoms with Gasteiger partial charge in [0.1, 0.15) is 12.5 Å². The topological polar surface area (TPSA) is 129 Å². The van der Waals surface area contributed by atoms with Gasteiger partial charge in [0.2, 0.25) is 0 Å². The van der Waals surface area contributed by atoms with E-state index in [1.165, 1.54) is 30.0 Å².